The van der Waals surface area contributed by atoms with Crippen molar-refractivity contribution in [1.29, 1.82) is 0 Å². The average Bonchev–Trinajstić information content (AvgIpc) is 2.87. The van der Waals surface area contributed by atoms with Gasteiger partial charge in [-0.2, -0.15) is 0 Å². The molecule has 0 spiro atoms. The Morgan fingerprint density at radius 2 is 2.39 bits per heavy atom. The molecule has 1 aliphatic rings. The van der Waals surface area contributed by atoms with Gasteiger partial charge in [-0.15, -0.1) is 11.6 Å². The first-order valence-electron chi connectivity index (χ1n) is 6.71. The smallest absolute Gasteiger partial charge is 0.257 e. The number of nitrogens with zero attached hydrogens (tertiary/aromatic N) is 1. The largest absolute Gasteiger partial charge is 0.469 e. The molecule has 100 valence electrons. The van der Waals surface area contributed by atoms with Crippen LogP contribution in [0.15, 0.2) is 16.7 Å². The van der Waals surface area contributed by atoms with Crippen LogP contribution in [-0.2, 0) is 6.42 Å². The van der Waals surface area contributed by atoms with Gasteiger partial charge in [0.1, 0.15) is 5.76 Å². The molecule has 2 heterocycles. The summed E-state index contributed by atoms with van der Waals surface area (Å²) in [7, 11) is 0. The molecule has 1 fully saturated rings. The van der Waals surface area contributed by atoms with Crippen LogP contribution in [0.25, 0.3) is 0 Å². The van der Waals surface area contributed by atoms with E-state index in [0.29, 0.717) is 11.9 Å². The van der Waals surface area contributed by atoms with Crippen LogP contribution in [-0.4, -0.2) is 29.3 Å². The second-order valence-corrected chi connectivity index (χ2v) is 5.11. The Morgan fingerprint density at radius 3 is 3.11 bits per heavy atom. The fourth-order valence-corrected chi connectivity index (χ4v) is 2.91. The van der Waals surface area contributed by atoms with E-state index < -0.39 is 0 Å². The molecule has 0 radical (unpaired) electrons. The van der Waals surface area contributed by atoms with Crippen molar-refractivity contribution in [2.75, 3.05) is 12.4 Å². The van der Waals surface area contributed by atoms with Crippen LogP contribution in [0.4, 0.5) is 0 Å². The molecule has 0 N–H and O–H groups in total. The quantitative estimate of drug-likeness (QED) is 0.785. The van der Waals surface area contributed by atoms with Gasteiger partial charge in [0.05, 0.1) is 11.8 Å². The third kappa shape index (κ3) is 2.72. The van der Waals surface area contributed by atoms with Gasteiger partial charge in [-0.25, -0.2) is 0 Å². The van der Waals surface area contributed by atoms with E-state index >= 15 is 0 Å². The highest BCUT2D eigenvalue weighted by Gasteiger charge is 2.28. The molecule has 1 atom stereocenters. The van der Waals surface area contributed by atoms with Crippen LogP contribution in [0.1, 0.15) is 48.7 Å². The number of piperidine rings is 1. The maximum atomic E-state index is 12.5. The zero-order chi connectivity index (χ0) is 13.0. The third-order valence-electron chi connectivity index (χ3n) is 3.63. The lowest BCUT2D eigenvalue weighted by atomic mass is 9.98. The van der Waals surface area contributed by atoms with Gasteiger partial charge in [0.2, 0.25) is 0 Å². The van der Waals surface area contributed by atoms with Crippen LogP contribution in [0.2, 0.25) is 0 Å². The first-order valence-corrected chi connectivity index (χ1v) is 7.24. The fraction of sp³-hybridized carbons (Fsp3) is 0.643. The summed E-state index contributed by atoms with van der Waals surface area (Å²) >= 11 is 5.83. The molecule has 18 heavy (non-hydrogen) atoms. The Balaban J connectivity index is 2.15. The minimum Gasteiger partial charge on any atom is -0.469 e. The van der Waals surface area contributed by atoms with Gasteiger partial charge in [-0.1, -0.05) is 6.92 Å². The highest BCUT2D eigenvalue weighted by Crippen LogP contribution is 2.24. The van der Waals surface area contributed by atoms with Gasteiger partial charge >= 0.3 is 0 Å². The van der Waals surface area contributed by atoms with E-state index in [0.717, 1.165) is 43.6 Å². The summed E-state index contributed by atoms with van der Waals surface area (Å²) in [6.07, 6.45) is 6.58. The highest BCUT2D eigenvalue weighted by atomic mass is 35.5. The van der Waals surface area contributed by atoms with Crippen molar-refractivity contribution in [3.8, 4) is 0 Å². The lowest BCUT2D eigenvalue weighted by Gasteiger charge is -2.35. The Hall–Kier alpha value is -0.960. The van der Waals surface area contributed by atoms with Gasteiger partial charge in [-0.05, 0) is 31.7 Å². The molecule has 1 aromatic heterocycles. The van der Waals surface area contributed by atoms with Crippen molar-refractivity contribution < 1.29 is 9.21 Å². The number of hydrogen-bond acceptors (Lipinski definition) is 2. The summed E-state index contributed by atoms with van der Waals surface area (Å²) in [5.74, 6) is 1.51. The first kappa shape index (κ1) is 13.5. The van der Waals surface area contributed by atoms with Crippen LogP contribution < -0.4 is 0 Å². The van der Waals surface area contributed by atoms with Crippen LogP contribution in [0, 0.1) is 0 Å². The molecule has 0 aliphatic carbocycles. The van der Waals surface area contributed by atoms with Crippen molar-refractivity contribution in [2.45, 2.75) is 45.1 Å². The lowest BCUT2D eigenvalue weighted by molar-refractivity contribution is 0.0607. The number of likely N-dealkylation sites (tertiary alicyclic amines) is 1. The summed E-state index contributed by atoms with van der Waals surface area (Å²) in [6.45, 7) is 2.84. The SMILES string of the molecule is CCc1occc1C(=O)N1CCCCC1CCCl. The molecule has 1 aromatic rings. The third-order valence-corrected chi connectivity index (χ3v) is 3.85. The molecule has 3 nitrogen and oxygen atoms in total. The van der Waals surface area contributed by atoms with Crippen molar-refractivity contribution in [2.24, 2.45) is 0 Å². The van der Waals surface area contributed by atoms with Gasteiger partial charge in [-0.3, -0.25) is 4.79 Å². The minimum atomic E-state index is 0.107. The van der Waals surface area contributed by atoms with Crippen LogP contribution in [0.3, 0.4) is 0 Å². The molecule has 1 unspecified atom stereocenters. The van der Waals surface area contributed by atoms with Gasteiger partial charge < -0.3 is 9.32 Å². The van der Waals surface area contributed by atoms with E-state index in [-0.39, 0.29) is 5.91 Å². The highest BCUT2D eigenvalue weighted by molar-refractivity contribution is 6.17. The van der Waals surface area contributed by atoms with Crippen molar-refractivity contribution in [1.82, 2.24) is 4.90 Å². The standard InChI is InChI=1S/C14H20ClNO2/c1-2-13-12(7-10-18-13)14(17)16-9-4-3-5-11(16)6-8-15/h7,10-11H,2-6,8-9H2,1H3. The predicted octanol–water partition coefficient (Wildman–Crippen LogP) is 3.47. The van der Waals surface area contributed by atoms with E-state index in [1.165, 1.54) is 6.42 Å². The number of halogens is 1. The second kappa shape index (κ2) is 6.28. The number of aryl methyl sites for hydroxylation is 1. The Morgan fingerprint density at radius 1 is 1.56 bits per heavy atom. The molecule has 0 aromatic carbocycles. The van der Waals surface area contributed by atoms with Crippen molar-refractivity contribution in [3.63, 3.8) is 0 Å². The zero-order valence-electron chi connectivity index (χ0n) is 10.8. The summed E-state index contributed by atoms with van der Waals surface area (Å²) in [5.41, 5.74) is 0.721. The molecular weight excluding hydrogens is 250 g/mol. The number of carbonyl (C=O) groups excluding carboxylic acids is 1. The number of rotatable bonds is 4. The molecule has 1 amide bonds. The molecule has 1 aliphatic heterocycles. The normalized spacial score (nSPS) is 20.1. The second-order valence-electron chi connectivity index (χ2n) is 4.74. The van der Waals surface area contributed by atoms with Crippen LogP contribution >= 0.6 is 11.6 Å². The molecule has 2 rings (SSSR count). The molecule has 1 saturated heterocycles. The predicted molar refractivity (Wildman–Crippen MR) is 72.1 cm³/mol. The molecule has 0 bridgehead atoms. The Bertz CT molecular complexity index is 400. The van der Waals surface area contributed by atoms with Crippen molar-refractivity contribution >= 4 is 17.5 Å². The number of alkyl halides is 1. The fourth-order valence-electron chi connectivity index (χ4n) is 2.65. The Labute approximate surface area is 113 Å². The molecular formula is C14H20ClNO2. The van der Waals surface area contributed by atoms with Gasteiger partial charge in [0, 0.05) is 24.9 Å². The van der Waals surface area contributed by atoms with E-state index in [2.05, 4.69) is 0 Å². The van der Waals surface area contributed by atoms with Gasteiger partial charge in [0.15, 0.2) is 0 Å². The summed E-state index contributed by atoms with van der Waals surface area (Å²) < 4.78 is 5.35. The number of hydrogen-bond donors (Lipinski definition) is 0. The molecule has 4 heteroatoms. The maximum absolute atomic E-state index is 12.5. The number of furan rings is 1. The van der Waals surface area contributed by atoms with Crippen molar-refractivity contribution in [3.05, 3.63) is 23.7 Å². The maximum Gasteiger partial charge on any atom is 0.257 e. The lowest BCUT2D eigenvalue weighted by Crippen LogP contribution is -2.44. The topological polar surface area (TPSA) is 33.5 Å². The van der Waals surface area contributed by atoms with Crippen LogP contribution in [0.5, 0.6) is 0 Å². The first-order chi connectivity index (χ1) is 8.77. The van der Waals surface area contributed by atoms with E-state index in [1.807, 2.05) is 11.8 Å². The number of amides is 1. The number of carbonyl (C=O) groups is 1. The zero-order valence-corrected chi connectivity index (χ0v) is 11.6. The summed E-state index contributed by atoms with van der Waals surface area (Å²) in [5, 5.41) is 0. The summed E-state index contributed by atoms with van der Waals surface area (Å²) in [6, 6.07) is 2.08. The Kier molecular flexibility index (Phi) is 4.70. The summed E-state index contributed by atoms with van der Waals surface area (Å²) in [4.78, 5) is 14.5. The van der Waals surface area contributed by atoms with E-state index in [9.17, 15) is 4.79 Å². The average molecular weight is 270 g/mol. The monoisotopic (exact) mass is 269 g/mol. The minimum absolute atomic E-state index is 0.107. The van der Waals surface area contributed by atoms with E-state index in [4.69, 9.17) is 16.0 Å². The molecule has 0 saturated carbocycles. The van der Waals surface area contributed by atoms with Gasteiger partial charge in [0.25, 0.3) is 5.91 Å². The van der Waals surface area contributed by atoms with E-state index in [1.54, 1.807) is 12.3 Å².